The van der Waals surface area contributed by atoms with E-state index in [1.807, 2.05) is 19.9 Å². The highest BCUT2D eigenvalue weighted by Gasteiger charge is 2.29. The van der Waals surface area contributed by atoms with Gasteiger partial charge in [-0.2, -0.15) is 0 Å². The van der Waals surface area contributed by atoms with E-state index >= 15 is 0 Å². The van der Waals surface area contributed by atoms with E-state index in [2.05, 4.69) is 31.3 Å². The van der Waals surface area contributed by atoms with E-state index in [9.17, 15) is 9.59 Å². The summed E-state index contributed by atoms with van der Waals surface area (Å²) in [4.78, 5) is 24.5. The zero-order valence-electron chi connectivity index (χ0n) is 18.2. The predicted molar refractivity (Wildman–Crippen MR) is 116 cm³/mol. The molecule has 1 amide bonds. The second-order valence-electron chi connectivity index (χ2n) is 8.52. The monoisotopic (exact) mass is 410 g/mol. The molecule has 0 saturated carbocycles. The summed E-state index contributed by atoms with van der Waals surface area (Å²) in [5.74, 6) is -0.180. The molecule has 0 radical (unpaired) electrons. The summed E-state index contributed by atoms with van der Waals surface area (Å²) in [6.07, 6.45) is 0.936. The highest BCUT2D eigenvalue weighted by molar-refractivity contribution is 5.97. The van der Waals surface area contributed by atoms with Crippen molar-refractivity contribution in [1.29, 1.82) is 0 Å². The maximum Gasteiger partial charge on any atom is 0.328 e. The van der Waals surface area contributed by atoms with Crippen LogP contribution in [-0.4, -0.2) is 23.6 Å². The molecule has 6 nitrogen and oxygen atoms in total. The van der Waals surface area contributed by atoms with E-state index in [0.717, 1.165) is 6.42 Å². The van der Waals surface area contributed by atoms with Crippen molar-refractivity contribution in [3.05, 3.63) is 58.7 Å². The molecule has 2 unspecified atom stereocenters. The Bertz CT molecular complexity index is 968. The van der Waals surface area contributed by atoms with Gasteiger partial charge >= 0.3 is 5.97 Å². The third-order valence-corrected chi connectivity index (χ3v) is 5.64. The number of amides is 1. The molecular weight excluding hydrogens is 380 g/mol. The third-order valence-electron chi connectivity index (χ3n) is 5.64. The number of hydrogen-bond donors (Lipinski definition) is 2. The van der Waals surface area contributed by atoms with Gasteiger partial charge in [0, 0.05) is 0 Å². The van der Waals surface area contributed by atoms with Crippen LogP contribution < -0.4 is 15.8 Å². The number of anilines is 1. The smallest absolute Gasteiger partial charge is 0.328 e. The minimum absolute atomic E-state index is 0.233. The van der Waals surface area contributed by atoms with Crippen molar-refractivity contribution in [2.75, 3.05) is 5.32 Å². The Morgan fingerprint density at radius 3 is 2.73 bits per heavy atom. The molecule has 3 rings (SSSR count). The first kappa shape index (κ1) is 21.8. The van der Waals surface area contributed by atoms with Crippen LogP contribution in [0.1, 0.15) is 55.5 Å². The number of ether oxygens (including phenoxy) is 2. The van der Waals surface area contributed by atoms with Gasteiger partial charge in [-0.15, -0.1) is 0 Å². The Hall–Kier alpha value is -2.86. The van der Waals surface area contributed by atoms with Crippen LogP contribution in [0.4, 0.5) is 5.69 Å². The molecule has 0 aliphatic carbocycles. The second-order valence-corrected chi connectivity index (χ2v) is 8.52. The summed E-state index contributed by atoms with van der Waals surface area (Å²) < 4.78 is 11.3. The number of hydrogen-bond acceptors (Lipinski definition) is 5. The van der Waals surface area contributed by atoms with Gasteiger partial charge in [0.25, 0.3) is 5.91 Å². The van der Waals surface area contributed by atoms with Crippen LogP contribution in [0.25, 0.3) is 0 Å². The molecule has 0 fully saturated rings. The number of carbonyl (C=O) groups is 2. The topological polar surface area (TPSA) is 90.6 Å². The summed E-state index contributed by atoms with van der Waals surface area (Å²) in [6, 6.07) is 10.4. The molecule has 1 aliphatic heterocycles. The van der Waals surface area contributed by atoms with E-state index in [-0.39, 0.29) is 5.91 Å². The van der Waals surface area contributed by atoms with Gasteiger partial charge in [0.2, 0.25) is 0 Å². The number of carbonyl (C=O) groups excluding carboxylic acids is 2. The van der Waals surface area contributed by atoms with E-state index in [1.54, 1.807) is 25.1 Å². The normalized spacial score (nSPS) is 16.9. The SMILES string of the molecule is Cc1cccc(CCC(C)(C)OC(=O)C(N)c2ccc3c(c2)NC(=O)C(C)O3)c1C. The van der Waals surface area contributed by atoms with Crippen molar-refractivity contribution < 1.29 is 19.1 Å². The van der Waals surface area contributed by atoms with E-state index in [0.29, 0.717) is 23.4 Å². The van der Waals surface area contributed by atoms with Gasteiger partial charge in [-0.25, -0.2) is 4.79 Å². The van der Waals surface area contributed by atoms with Gasteiger partial charge in [-0.05, 0) is 81.8 Å². The van der Waals surface area contributed by atoms with Gasteiger partial charge in [0.1, 0.15) is 17.4 Å². The molecular formula is C24H30N2O4. The first-order valence-electron chi connectivity index (χ1n) is 10.2. The molecule has 1 heterocycles. The lowest BCUT2D eigenvalue weighted by Gasteiger charge is -2.28. The molecule has 2 atom stereocenters. The van der Waals surface area contributed by atoms with Gasteiger partial charge in [-0.1, -0.05) is 24.3 Å². The predicted octanol–water partition coefficient (Wildman–Crippen LogP) is 3.98. The molecule has 30 heavy (non-hydrogen) atoms. The molecule has 0 aromatic heterocycles. The average Bonchev–Trinajstić information content (AvgIpc) is 2.68. The number of nitrogens with one attached hydrogen (secondary N) is 1. The zero-order valence-corrected chi connectivity index (χ0v) is 18.2. The molecule has 2 aromatic rings. The number of rotatable bonds is 6. The fraction of sp³-hybridized carbons (Fsp3) is 0.417. The number of benzene rings is 2. The van der Waals surface area contributed by atoms with Crippen LogP contribution in [0.15, 0.2) is 36.4 Å². The van der Waals surface area contributed by atoms with Crippen LogP contribution in [0.5, 0.6) is 5.75 Å². The van der Waals surface area contributed by atoms with E-state index in [1.165, 1.54) is 16.7 Å². The summed E-state index contributed by atoms with van der Waals surface area (Å²) in [5, 5.41) is 2.77. The minimum atomic E-state index is -0.952. The average molecular weight is 411 g/mol. The molecule has 1 aliphatic rings. The molecule has 0 saturated heterocycles. The van der Waals surface area contributed by atoms with Gasteiger partial charge < -0.3 is 20.5 Å². The fourth-order valence-corrected chi connectivity index (χ4v) is 3.46. The third kappa shape index (κ3) is 4.82. The van der Waals surface area contributed by atoms with Crippen LogP contribution in [-0.2, 0) is 20.7 Å². The number of fused-ring (bicyclic) bond motifs is 1. The minimum Gasteiger partial charge on any atom is -0.479 e. The van der Waals surface area contributed by atoms with Gasteiger partial charge in [0.15, 0.2) is 6.10 Å². The lowest BCUT2D eigenvalue weighted by molar-refractivity contribution is -0.158. The fourth-order valence-electron chi connectivity index (χ4n) is 3.46. The van der Waals surface area contributed by atoms with Crippen molar-refractivity contribution in [2.45, 2.75) is 65.2 Å². The van der Waals surface area contributed by atoms with Crippen molar-refractivity contribution in [3.63, 3.8) is 0 Å². The van der Waals surface area contributed by atoms with Crippen LogP contribution >= 0.6 is 0 Å². The van der Waals surface area contributed by atoms with Gasteiger partial charge in [-0.3, -0.25) is 4.79 Å². The Morgan fingerprint density at radius 1 is 1.27 bits per heavy atom. The van der Waals surface area contributed by atoms with Crippen molar-refractivity contribution in [3.8, 4) is 5.75 Å². The molecule has 0 bridgehead atoms. The second kappa shape index (κ2) is 8.48. The Labute approximate surface area is 177 Å². The number of nitrogens with two attached hydrogens (primary N) is 1. The zero-order chi connectivity index (χ0) is 22.1. The van der Waals surface area contributed by atoms with E-state index in [4.69, 9.17) is 15.2 Å². The summed E-state index contributed by atoms with van der Waals surface area (Å²) in [7, 11) is 0. The lowest BCUT2D eigenvalue weighted by Crippen LogP contribution is -2.35. The first-order chi connectivity index (χ1) is 14.1. The maximum atomic E-state index is 12.7. The van der Waals surface area contributed by atoms with Crippen LogP contribution in [0.2, 0.25) is 0 Å². The lowest BCUT2D eigenvalue weighted by atomic mass is 9.94. The summed E-state index contributed by atoms with van der Waals surface area (Å²) >= 11 is 0. The first-order valence-corrected chi connectivity index (χ1v) is 10.2. The Kier molecular flexibility index (Phi) is 6.17. The quantitative estimate of drug-likeness (QED) is 0.703. The Balaban J connectivity index is 1.65. The standard InChI is InChI=1S/C24H30N2O4/c1-14-7-6-8-17(15(14)2)11-12-24(4,5)30-23(28)21(25)18-9-10-20-19(13-18)26-22(27)16(3)29-20/h6-10,13,16,21H,11-12,25H2,1-5H3,(H,26,27). The molecule has 2 aromatic carbocycles. The number of aryl methyl sites for hydroxylation is 2. The summed E-state index contributed by atoms with van der Waals surface area (Å²) in [5.41, 5.74) is 10.3. The molecule has 0 spiro atoms. The molecule has 3 N–H and O–H groups in total. The highest BCUT2D eigenvalue weighted by atomic mass is 16.6. The van der Waals surface area contributed by atoms with Crippen molar-refractivity contribution >= 4 is 17.6 Å². The van der Waals surface area contributed by atoms with E-state index < -0.39 is 23.7 Å². The van der Waals surface area contributed by atoms with Crippen molar-refractivity contribution in [2.24, 2.45) is 5.73 Å². The highest BCUT2D eigenvalue weighted by Crippen LogP contribution is 2.32. The van der Waals surface area contributed by atoms with Crippen LogP contribution in [0.3, 0.4) is 0 Å². The molecule has 160 valence electrons. The van der Waals surface area contributed by atoms with Crippen molar-refractivity contribution in [1.82, 2.24) is 0 Å². The Morgan fingerprint density at radius 2 is 2.00 bits per heavy atom. The molecule has 6 heteroatoms. The van der Waals surface area contributed by atoms with Gasteiger partial charge in [0.05, 0.1) is 5.69 Å². The van der Waals surface area contributed by atoms with Crippen LogP contribution in [0, 0.1) is 13.8 Å². The number of esters is 1. The largest absolute Gasteiger partial charge is 0.479 e. The summed E-state index contributed by atoms with van der Waals surface area (Å²) in [6.45, 7) is 9.67. The maximum absolute atomic E-state index is 12.7.